The van der Waals surface area contributed by atoms with Crippen LogP contribution in [0.5, 0.6) is 5.75 Å². The number of rotatable bonds is 7. The fourth-order valence-electron chi connectivity index (χ4n) is 5.23. The third-order valence-corrected chi connectivity index (χ3v) is 7.26. The van der Waals surface area contributed by atoms with Gasteiger partial charge in [0.1, 0.15) is 16.7 Å². The predicted molar refractivity (Wildman–Crippen MR) is 143 cm³/mol. The Hall–Kier alpha value is -3.65. The number of halogens is 1. The first-order valence-electron chi connectivity index (χ1n) is 12.6. The summed E-state index contributed by atoms with van der Waals surface area (Å²) in [5, 5.41) is 9.62. The van der Waals surface area contributed by atoms with Crippen LogP contribution in [0.1, 0.15) is 52.4 Å². The largest absolute Gasteiger partial charge is 0.493 e. The van der Waals surface area contributed by atoms with Crippen LogP contribution in [-0.2, 0) is 30.5 Å². The number of benzene rings is 1. The van der Waals surface area contributed by atoms with Crippen molar-refractivity contribution < 1.29 is 19.4 Å². The van der Waals surface area contributed by atoms with E-state index in [1.807, 2.05) is 30.0 Å². The summed E-state index contributed by atoms with van der Waals surface area (Å²) in [5.41, 5.74) is 5.21. The lowest BCUT2D eigenvalue weighted by Crippen LogP contribution is -2.25. The van der Waals surface area contributed by atoms with Crippen LogP contribution in [0.25, 0.3) is 0 Å². The maximum atomic E-state index is 13.4. The number of hydrogen-bond donors (Lipinski definition) is 1. The highest BCUT2D eigenvalue weighted by Gasteiger charge is 2.31. The molecule has 1 aliphatic heterocycles. The van der Waals surface area contributed by atoms with Crippen LogP contribution in [0, 0.1) is 0 Å². The van der Waals surface area contributed by atoms with Crippen LogP contribution < -0.4 is 14.5 Å². The molecule has 0 atom stereocenters. The van der Waals surface area contributed by atoms with Crippen molar-refractivity contribution in [1.29, 1.82) is 0 Å². The van der Waals surface area contributed by atoms with Gasteiger partial charge in [-0.1, -0.05) is 17.7 Å². The van der Waals surface area contributed by atoms with Gasteiger partial charge in [-0.15, -0.1) is 0 Å². The van der Waals surface area contributed by atoms with Crippen molar-refractivity contribution in [2.45, 2.75) is 45.4 Å². The lowest BCUT2D eigenvalue weighted by atomic mass is 9.86. The van der Waals surface area contributed by atoms with Crippen molar-refractivity contribution in [1.82, 2.24) is 9.97 Å². The van der Waals surface area contributed by atoms with Gasteiger partial charge in [-0.3, -0.25) is 9.59 Å². The van der Waals surface area contributed by atoms with Gasteiger partial charge in [0.25, 0.3) is 5.91 Å². The number of hydrogen-bond acceptors (Lipinski definition) is 6. The highest BCUT2D eigenvalue weighted by atomic mass is 35.5. The van der Waals surface area contributed by atoms with Gasteiger partial charge in [0.2, 0.25) is 0 Å². The zero-order valence-corrected chi connectivity index (χ0v) is 21.7. The first-order chi connectivity index (χ1) is 17.9. The molecule has 5 rings (SSSR count). The topological polar surface area (TPSA) is 95.9 Å². The molecular formula is C28H29ClN4O4. The number of pyridine rings is 2. The van der Waals surface area contributed by atoms with Crippen molar-refractivity contribution in [3.05, 3.63) is 69.5 Å². The number of carbonyl (C=O) groups is 2. The van der Waals surface area contributed by atoms with Gasteiger partial charge >= 0.3 is 5.97 Å². The van der Waals surface area contributed by atoms with E-state index in [1.54, 1.807) is 30.3 Å². The summed E-state index contributed by atoms with van der Waals surface area (Å²) in [5.74, 6) is 0.999. The van der Waals surface area contributed by atoms with E-state index >= 15 is 0 Å². The molecule has 1 aliphatic carbocycles. The molecule has 0 fully saturated rings. The van der Waals surface area contributed by atoms with Crippen molar-refractivity contribution in [2.75, 3.05) is 30.0 Å². The number of anilines is 3. The van der Waals surface area contributed by atoms with Gasteiger partial charge in [-0.2, -0.15) is 0 Å². The molecular weight excluding hydrogens is 492 g/mol. The van der Waals surface area contributed by atoms with E-state index in [0.29, 0.717) is 47.6 Å². The Morgan fingerprint density at radius 3 is 2.68 bits per heavy atom. The van der Waals surface area contributed by atoms with Crippen LogP contribution in [0.4, 0.5) is 17.3 Å². The molecule has 0 saturated heterocycles. The summed E-state index contributed by atoms with van der Waals surface area (Å²) in [6.07, 6.45) is 6.30. The van der Waals surface area contributed by atoms with Gasteiger partial charge in [0.15, 0.2) is 5.82 Å². The lowest BCUT2D eigenvalue weighted by Gasteiger charge is -2.23. The monoisotopic (exact) mass is 520 g/mol. The Bertz CT molecular complexity index is 1380. The lowest BCUT2D eigenvalue weighted by molar-refractivity contribution is -0.136. The summed E-state index contributed by atoms with van der Waals surface area (Å²) >= 11 is 6.17. The zero-order chi connectivity index (χ0) is 26.1. The Labute approximate surface area is 220 Å². The minimum Gasteiger partial charge on any atom is -0.493 e. The molecule has 192 valence electrons. The van der Waals surface area contributed by atoms with E-state index in [-0.39, 0.29) is 12.3 Å². The minimum atomic E-state index is -0.819. The van der Waals surface area contributed by atoms with Crippen LogP contribution >= 0.6 is 11.6 Å². The van der Waals surface area contributed by atoms with Crippen LogP contribution in [0.3, 0.4) is 0 Å². The van der Waals surface area contributed by atoms with Crippen molar-refractivity contribution in [3.8, 4) is 5.75 Å². The Morgan fingerprint density at radius 2 is 1.92 bits per heavy atom. The molecule has 0 saturated carbocycles. The molecule has 1 amide bonds. The Kier molecular flexibility index (Phi) is 7.02. The van der Waals surface area contributed by atoms with Gasteiger partial charge < -0.3 is 19.6 Å². The molecule has 2 aromatic heterocycles. The normalized spacial score (nSPS) is 14.5. The average molecular weight is 521 g/mol. The molecule has 0 spiro atoms. The molecule has 0 unspecified atom stereocenters. The fraction of sp³-hybridized carbons (Fsp3) is 0.357. The number of carbonyl (C=O) groups excluding carboxylic acids is 1. The van der Waals surface area contributed by atoms with E-state index in [2.05, 4.69) is 9.97 Å². The van der Waals surface area contributed by atoms with Crippen LogP contribution in [-0.4, -0.2) is 47.2 Å². The SMILES string of the molecule is CCN1c2ncc(CCOc3ccc(CC(=O)O)c4c3CCCC4)cc2C(=O)N(C)c2ccc(Cl)nc21. The van der Waals surface area contributed by atoms with Crippen molar-refractivity contribution in [3.63, 3.8) is 0 Å². The smallest absolute Gasteiger partial charge is 0.307 e. The van der Waals surface area contributed by atoms with Crippen LogP contribution in [0.2, 0.25) is 5.15 Å². The third-order valence-electron chi connectivity index (χ3n) is 7.05. The second-order valence-electron chi connectivity index (χ2n) is 9.36. The second kappa shape index (κ2) is 10.4. The first-order valence-corrected chi connectivity index (χ1v) is 12.9. The molecule has 1 N–H and O–H groups in total. The minimum absolute atomic E-state index is 0.0340. The number of aromatic nitrogens is 2. The molecule has 3 heterocycles. The molecule has 2 aliphatic rings. The number of fused-ring (bicyclic) bond motifs is 3. The average Bonchev–Trinajstić information content (AvgIpc) is 2.97. The number of nitrogens with zero attached hydrogens (tertiary/aromatic N) is 4. The fourth-order valence-corrected chi connectivity index (χ4v) is 5.37. The molecule has 3 aromatic rings. The predicted octanol–water partition coefficient (Wildman–Crippen LogP) is 5.01. The summed E-state index contributed by atoms with van der Waals surface area (Å²) in [6, 6.07) is 9.13. The Balaban J connectivity index is 1.37. The Morgan fingerprint density at radius 1 is 1.14 bits per heavy atom. The molecule has 0 radical (unpaired) electrons. The highest BCUT2D eigenvalue weighted by Crippen LogP contribution is 2.39. The number of ether oxygens (including phenoxy) is 1. The van der Waals surface area contributed by atoms with Crippen LogP contribution in [0.15, 0.2) is 36.5 Å². The maximum absolute atomic E-state index is 13.4. The standard InChI is InChI=1S/C28H29ClN4O4/c1-3-33-26-21(28(36)32(2)22-9-11-24(29)31-27(22)33)14-17(16-30-26)12-13-37-23-10-8-18(15-25(34)35)19-6-4-5-7-20(19)23/h8-11,14,16H,3-7,12-13,15H2,1-2H3,(H,34,35). The van der Waals surface area contributed by atoms with Crippen molar-refractivity contribution in [2.24, 2.45) is 0 Å². The number of carboxylic acid groups (broad SMARTS) is 1. The van der Waals surface area contributed by atoms with Gasteiger partial charge in [-0.25, -0.2) is 9.97 Å². The molecule has 37 heavy (non-hydrogen) atoms. The summed E-state index contributed by atoms with van der Waals surface area (Å²) in [7, 11) is 1.73. The number of aliphatic carboxylic acids is 1. The molecule has 1 aromatic carbocycles. The van der Waals surface area contributed by atoms with E-state index in [4.69, 9.17) is 16.3 Å². The molecule has 9 heteroatoms. The van der Waals surface area contributed by atoms with E-state index in [9.17, 15) is 14.7 Å². The maximum Gasteiger partial charge on any atom is 0.307 e. The third kappa shape index (κ3) is 4.85. The van der Waals surface area contributed by atoms with Gasteiger partial charge in [0, 0.05) is 26.2 Å². The highest BCUT2D eigenvalue weighted by molar-refractivity contribution is 6.29. The quantitative estimate of drug-likeness (QED) is 0.438. The van der Waals surface area contributed by atoms with E-state index < -0.39 is 5.97 Å². The molecule has 0 bridgehead atoms. The summed E-state index contributed by atoms with van der Waals surface area (Å²) < 4.78 is 6.19. The van der Waals surface area contributed by atoms with Gasteiger partial charge in [0.05, 0.1) is 24.3 Å². The summed E-state index contributed by atoms with van der Waals surface area (Å²) in [4.78, 5) is 37.3. The first kappa shape index (κ1) is 25.0. The van der Waals surface area contributed by atoms with Gasteiger partial charge in [-0.05, 0) is 79.1 Å². The number of carboxylic acids is 1. The van der Waals surface area contributed by atoms with E-state index in [1.165, 1.54) is 0 Å². The number of amides is 1. The summed E-state index contributed by atoms with van der Waals surface area (Å²) in [6.45, 7) is 2.98. The van der Waals surface area contributed by atoms with E-state index in [0.717, 1.165) is 53.7 Å². The second-order valence-corrected chi connectivity index (χ2v) is 9.74. The zero-order valence-electron chi connectivity index (χ0n) is 21.0. The molecule has 8 nitrogen and oxygen atoms in total. The van der Waals surface area contributed by atoms with Crippen molar-refractivity contribution >= 4 is 40.8 Å².